The van der Waals surface area contributed by atoms with Gasteiger partial charge in [-0.05, 0) is 67.9 Å². The molecule has 0 saturated carbocycles. The van der Waals surface area contributed by atoms with Gasteiger partial charge in [-0.25, -0.2) is 4.98 Å². The highest BCUT2D eigenvalue weighted by Gasteiger charge is 2.27. The van der Waals surface area contributed by atoms with Crippen molar-refractivity contribution in [2.24, 2.45) is 0 Å². The van der Waals surface area contributed by atoms with Gasteiger partial charge in [0.15, 0.2) is 0 Å². The zero-order valence-corrected chi connectivity index (χ0v) is 19.5. The number of fused-ring (bicyclic) bond motifs is 3. The number of hydrogen-bond acceptors (Lipinski definition) is 5. The molecular formula is C26H22N2O2S2. The van der Waals surface area contributed by atoms with Gasteiger partial charge < -0.3 is 4.74 Å². The highest BCUT2D eigenvalue weighted by atomic mass is 32.2. The lowest BCUT2D eigenvalue weighted by atomic mass is 10.1. The first kappa shape index (κ1) is 20.9. The van der Waals surface area contributed by atoms with Crippen LogP contribution in [0.3, 0.4) is 0 Å². The average molecular weight is 459 g/mol. The van der Waals surface area contributed by atoms with Crippen molar-refractivity contribution >= 4 is 51.7 Å². The number of rotatable bonds is 5. The summed E-state index contributed by atoms with van der Waals surface area (Å²) in [5.74, 6) is 1.20. The van der Waals surface area contributed by atoms with Gasteiger partial charge in [0.2, 0.25) is 5.91 Å². The molecule has 0 saturated heterocycles. The molecular weight excluding hydrogens is 436 g/mol. The second kappa shape index (κ2) is 8.88. The molecule has 6 heteroatoms. The fourth-order valence-electron chi connectivity index (χ4n) is 3.81. The third-order valence-corrected chi connectivity index (χ3v) is 7.46. The van der Waals surface area contributed by atoms with Gasteiger partial charge in [-0.1, -0.05) is 47.8 Å². The van der Waals surface area contributed by atoms with E-state index in [4.69, 9.17) is 9.72 Å². The van der Waals surface area contributed by atoms with Gasteiger partial charge in [0.25, 0.3) is 0 Å². The van der Waals surface area contributed by atoms with Gasteiger partial charge in [0.05, 0.1) is 29.3 Å². The predicted octanol–water partition coefficient (Wildman–Crippen LogP) is 6.86. The van der Waals surface area contributed by atoms with Gasteiger partial charge in [0.1, 0.15) is 10.8 Å². The fourth-order valence-corrected chi connectivity index (χ4v) is 5.71. The summed E-state index contributed by atoms with van der Waals surface area (Å²) in [4.78, 5) is 22.3. The van der Waals surface area contributed by atoms with E-state index >= 15 is 0 Å². The quantitative estimate of drug-likeness (QED) is 0.306. The number of hydrogen-bond donors (Lipinski definition) is 0. The second-order valence-electron chi connectivity index (χ2n) is 7.45. The topological polar surface area (TPSA) is 42.4 Å². The maximum atomic E-state index is 13.4. The minimum absolute atomic E-state index is 0.0446. The Hall–Kier alpha value is -2.96. The molecule has 0 fully saturated rings. The summed E-state index contributed by atoms with van der Waals surface area (Å²) in [6.45, 7) is 4.65. The number of anilines is 2. The Bertz CT molecular complexity index is 1280. The van der Waals surface area contributed by atoms with E-state index in [-0.39, 0.29) is 5.91 Å². The molecule has 1 aliphatic heterocycles. The molecule has 4 aromatic rings. The van der Waals surface area contributed by atoms with Gasteiger partial charge in [-0.2, -0.15) is 0 Å². The van der Waals surface area contributed by atoms with Crippen molar-refractivity contribution in [1.29, 1.82) is 0 Å². The molecule has 0 bridgehead atoms. The van der Waals surface area contributed by atoms with Gasteiger partial charge in [-0.3, -0.25) is 9.69 Å². The summed E-state index contributed by atoms with van der Waals surface area (Å²) in [6, 6.07) is 24.2. The van der Waals surface area contributed by atoms with Crippen molar-refractivity contribution < 1.29 is 9.53 Å². The Morgan fingerprint density at radius 2 is 1.69 bits per heavy atom. The van der Waals surface area contributed by atoms with Gasteiger partial charge >= 0.3 is 0 Å². The standard InChI is InChI=1S/C26H22N2O2S2/c1-3-30-19-12-13-20-18(15-19)14-17(2)26(27-20)31-16-25(29)28-21-8-4-6-10-23(21)32-24-11-7-5-9-22(24)28/h4-15H,3,16H2,1-2H3. The van der Waals surface area contributed by atoms with E-state index in [2.05, 4.69) is 18.2 Å². The summed E-state index contributed by atoms with van der Waals surface area (Å²) in [5, 5.41) is 1.92. The number of amides is 1. The Kier molecular flexibility index (Phi) is 5.81. The van der Waals surface area contributed by atoms with Crippen molar-refractivity contribution in [1.82, 2.24) is 4.98 Å². The Balaban J connectivity index is 1.41. The highest BCUT2D eigenvalue weighted by molar-refractivity contribution is 8.00. The summed E-state index contributed by atoms with van der Waals surface area (Å²) < 4.78 is 5.60. The van der Waals surface area contributed by atoms with E-state index in [1.54, 1.807) is 11.8 Å². The number of carbonyl (C=O) groups excluding carboxylic acids is 1. The molecule has 32 heavy (non-hydrogen) atoms. The molecule has 0 unspecified atom stereocenters. The Labute approximate surface area is 196 Å². The molecule has 0 radical (unpaired) electrons. The van der Waals surface area contributed by atoms with Crippen LogP contribution >= 0.6 is 23.5 Å². The molecule has 0 atom stereocenters. The number of benzene rings is 3. The first-order valence-corrected chi connectivity index (χ1v) is 12.3. The van der Waals surface area contributed by atoms with Crippen LogP contribution in [0.4, 0.5) is 11.4 Å². The predicted molar refractivity (Wildman–Crippen MR) is 133 cm³/mol. The lowest BCUT2D eigenvalue weighted by Crippen LogP contribution is -2.30. The third kappa shape index (κ3) is 3.96. The van der Waals surface area contributed by atoms with E-state index in [0.29, 0.717) is 12.4 Å². The lowest BCUT2D eigenvalue weighted by Gasteiger charge is -2.31. The molecule has 5 rings (SSSR count). The SMILES string of the molecule is CCOc1ccc2nc(SCC(=O)N3c4ccccc4Sc4ccccc43)c(C)cc2c1. The average Bonchev–Trinajstić information content (AvgIpc) is 2.81. The first-order chi connectivity index (χ1) is 15.6. The first-order valence-electron chi connectivity index (χ1n) is 10.5. The van der Waals surface area contributed by atoms with E-state index in [0.717, 1.165) is 48.4 Å². The number of aromatic nitrogens is 1. The molecule has 4 nitrogen and oxygen atoms in total. The van der Waals surface area contributed by atoms with Crippen LogP contribution in [0.25, 0.3) is 10.9 Å². The minimum Gasteiger partial charge on any atom is -0.494 e. The monoisotopic (exact) mass is 458 g/mol. The summed E-state index contributed by atoms with van der Waals surface area (Å²) in [6.07, 6.45) is 0. The molecule has 2 heterocycles. The van der Waals surface area contributed by atoms with E-state index in [9.17, 15) is 4.79 Å². The number of ether oxygens (including phenoxy) is 1. The molecule has 160 valence electrons. The lowest BCUT2D eigenvalue weighted by molar-refractivity contribution is -0.115. The van der Waals surface area contributed by atoms with Gasteiger partial charge in [0, 0.05) is 15.2 Å². The van der Waals surface area contributed by atoms with Crippen molar-refractivity contribution in [3.05, 3.63) is 78.4 Å². The highest BCUT2D eigenvalue weighted by Crippen LogP contribution is 2.48. The molecule has 1 amide bonds. The van der Waals surface area contributed by atoms with Crippen molar-refractivity contribution in [2.45, 2.75) is 28.7 Å². The zero-order chi connectivity index (χ0) is 22.1. The molecule has 0 spiro atoms. The number of pyridine rings is 1. The zero-order valence-electron chi connectivity index (χ0n) is 17.9. The van der Waals surface area contributed by atoms with Crippen LogP contribution in [0.15, 0.2) is 87.6 Å². The fraction of sp³-hybridized carbons (Fsp3) is 0.154. The number of aryl methyl sites for hydroxylation is 1. The minimum atomic E-state index is 0.0446. The Morgan fingerprint density at radius 3 is 2.38 bits per heavy atom. The van der Waals surface area contributed by atoms with E-state index in [1.807, 2.05) is 73.3 Å². The van der Waals surface area contributed by atoms with Crippen molar-refractivity contribution in [2.75, 3.05) is 17.3 Å². The van der Waals surface area contributed by atoms with E-state index in [1.165, 1.54) is 11.8 Å². The molecule has 3 aromatic carbocycles. The number of thioether (sulfide) groups is 1. The second-order valence-corrected chi connectivity index (χ2v) is 9.50. The van der Waals surface area contributed by atoms with Crippen LogP contribution in [-0.2, 0) is 4.79 Å². The summed E-state index contributed by atoms with van der Waals surface area (Å²) in [5.41, 5.74) is 3.83. The van der Waals surface area contributed by atoms with E-state index < -0.39 is 0 Å². The normalized spacial score (nSPS) is 12.4. The van der Waals surface area contributed by atoms with Crippen LogP contribution in [0.2, 0.25) is 0 Å². The molecule has 1 aliphatic rings. The Morgan fingerprint density at radius 1 is 1.00 bits per heavy atom. The molecule has 1 aromatic heterocycles. The maximum Gasteiger partial charge on any atom is 0.242 e. The maximum absolute atomic E-state index is 13.4. The van der Waals surface area contributed by atoms with Gasteiger partial charge in [-0.15, -0.1) is 0 Å². The number of carbonyl (C=O) groups is 1. The largest absolute Gasteiger partial charge is 0.494 e. The van der Waals surface area contributed by atoms with Crippen LogP contribution in [0, 0.1) is 6.92 Å². The number of para-hydroxylation sites is 2. The smallest absolute Gasteiger partial charge is 0.242 e. The van der Waals surface area contributed by atoms with Crippen LogP contribution < -0.4 is 9.64 Å². The number of nitrogens with zero attached hydrogens (tertiary/aromatic N) is 2. The molecule has 0 aliphatic carbocycles. The van der Waals surface area contributed by atoms with Crippen molar-refractivity contribution in [3.8, 4) is 5.75 Å². The van der Waals surface area contributed by atoms with Crippen LogP contribution in [0.1, 0.15) is 12.5 Å². The van der Waals surface area contributed by atoms with Crippen molar-refractivity contribution in [3.63, 3.8) is 0 Å². The van der Waals surface area contributed by atoms with Crippen LogP contribution in [0.5, 0.6) is 5.75 Å². The summed E-state index contributed by atoms with van der Waals surface area (Å²) in [7, 11) is 0. The van der Waals surface area contributed by atoms with Crippen LogP contribution in [-0.4, -0.2) is 23.3 Å². The third-order valence-electron chi connectivity index (χ3n) is 5.26. The molecule has 0 N–H and O–H groups in total. The summed E-state index contributed by atoms with van der Waals surface area (Å²) >= 11 is 3.19.